The molecule has 0 unspecified atom stereocenters. The van der Waals surface area contributed by atoms with Gasteiger partial charge in [0.2, 0.25) is 0 Å². The number of amides is 2. The number of carbonyl (C=O) groups is 2. The fourth-order valence-corrected chi connectivity index (χ4v) is 3.26. The number of aryl methyl sites for hydroxylation is 1. The maximum Gasteiger partial charge on any atom is 0.413 e. The van der Waals surface area contributed by atoms with E-state index in [0.717, 1.165) is 24.0 Å². The van der Waals surface area contributed by atoms with E-state index in [4.69, 9.17) is 22.1 Å². The number of nitrogens with two attached hydrogens (primary N) is 1. The highest BCUT2D eigenvalue weighted by atomic mass is 35.5. The van der Waals surface area contributed by atoms with Gasteiger partial charge in [0.25, 0.3) is 5.91 Å². The summed E-state index contributed by atoms with van der Waals surface area (Å²) < 4.78 is 6.75. The molecule has 31 heavy (non-hydrogen) atoms. The number of nitrogens with zero attached hydrogens (tertiary/aromatic N) is 2. The lowest BCUT2D eigenvalue weighted by molar-refractivity contribution is 0.0951. The average molecular weight is 440 g/mol. The second-order valence-electron chi connectivity index (χ2n) is 7.43. The lowest BCUT2D eigenvalue weighted by Gasteiger charge is -2.11. The number of anilines is 1. The van der Waals surface area contributed by atoms with Crippen LogP contribution in [0.1, 0.15) is 34.3 Å². The molecule has 0 atom stereocenters. The minimum atomic E-state index is -0.666. The monoisotopic (exact) mass is 439 g/mol. The molecule has 4 N–H and O–H groups in total. The van der Waals surface area contributed by atoms with Gasteiger partial charge in [-0.2, -0.15) is 5.10 Å². The quantitative estimate of drug-likeness (QED) is 0.543. The number of ether oxygens (including phenoxy) is 1. The Morgan fingerprint density at radius 2 is 2.06 bits per heavy atom. The highest BCUT2D eigenvalue weighted by Crippen LogP contribution is 2.27. The molecule has 0 aliphatic heterocycles. The molecule has 0 saturated heterocycles. The van der Waals surface area contributed by atoms with Gasteiger partial charge in [0.05, 0.1) is 11.9 Å². The van der Waals surface area contributed by atoms with Crippen LogP contribution in [0.25, 0.3) is 5.69 Å². The van der Waals surface area contributed by atoms with E-state index < -0.39 is 6.09 Å². The normalized spacial score (nSPS) is 13.0. The minimum Gasteiger partial charge on any atom is -0.405 e. The van der Waals surface area contributed by atoms with E-state index in [0.29, 0.717) is 16.3 Å². The fraction of sp³-hybridized carbons (Fsp3) is 0.227. The third-order valence-corrected chi connectivity index (χ3v) is 5.15. The number of halogens is 1. The van der Waals surface area contributed by atoms with Crippen molar-refractivity contribution < 1.29 is 14.3 Å². The zero-order valence-electron chi connectivity index (χ0n) is 16.9. The Hall–Kier alpha value is -3.52. The van der Waals surface area contributed by atoms with Crippen molar-refractivity contribution in [3.05, 3.63) is 70.4 Å². The number of nitrogen functional groups attached to an aromatic ring is 1. The molecule has 8 nitrogen and oxygen atoms in total. The van der Waals surface area contributed by atoms with Crippen LogP contribution in [-0.4, -0.2) is 27.8 Å². The summed E-state index contributed by atoms with van der Waals surface area (Å²) in [7, 11) is 0. The Bertz CT molecular complexity index is 1140. The third-order valence-electron chi connectivity index (χ3n) is 4.91. The molecule has 0 spiro atoms. The predicted octanol–water partition coefficient (Wildman–Crippen LogP) is 3.60. The maximum absolute atomic E-state index is 12.4. The van der Waals surface area contributed by atoms with Gasteiger partial charge >= 0.3 is 6.09 Å². The van der Waals surface area contributed by atoms with Crippen molar-refractivity contribution in [3.63, 3.8) is 0 Å². The summed E-state index contributed by atoms with van der Waals surface area (Å²) in [6.07, 6.45) is 2.72. The Morgan fingerprint density at radius 1 is 1.26 bits per heavy atom. The van der Waals surface area contributed by atoms with E-state index in [1.54, 1.807) is 30.3 Å². The molecule has 1 heterocycles. The molecule has 1 aliphatic rings. The molecule has 160 valence electrons. The highest BCUT2D eigenvalue weighted by Gasteiger charge is 2.24. The van der Waals surface area contributed by atoms with Crippen molar-refractivity contribution in [1.29, 1.82) is 0 Å². The van der Waals surface area contributed by atoms with Crippen molar-refractivity contribution in [1.82, 2.24) is 20.4 Å². The first-order valence-corrected chi connectivity index (χ1v) is 10.2. The zero-order chi connectivity index (χ0) is 22.0. The number of nitrogens with one attached hydrogen (secondary N) is 2. The Kier molecular flexibility index (Phi) is 5.81. The van der Waals surface area contributed by atoms with E-state index in [-0.39, 0.29) is 30.1 Å². The molecule has 1 fully saturated rings. The Morgan fingerprint density at radius 3 is 2.81 bits per heavy atom. The molecular weight excluding hydrogens is 418 g/mol. The molecule has 0 bridgehead atoms. The zero-order valence-corrected chi connectivity index (χ0v) is 17.6. The number of rotatable bonds is 6. The molecule has 3 aromatic rings. The van der Waals surface area contributed by atoms with Crippen molar-refractivity contribution in [3.8, 4) is 11.4 Å². The number of carbonyl (C=O) groups excluding carboxylic acids is 2. The van der Waals surface area contributed by atoms with Crippen LogP contribution in [0.15, 0.2) is 48.7 Å². The molecule has 1 aliphatic carbocycles. The molecule has 4 rings (SSSR count). The first-order chi connectivity index (χ1) is 14.9. The van der Waals surface area contributed by atoms with Crippen LogP contribution >= 0.6 is 11.6 Å². The van der Waals surface area contributed by atoms with E-state index in [2.05, 4.69) is 15.7 Å². The number of hydrogen-bond acceptors (Lipinski definition) is 5. The standard InChI is InChI=1S/C22H22ClN5O3/c1-13-5-6-15(21(29)27-17-7-8-17)10-18(13)28-20(24)19(12-26-28)31-22(30)25-11-14-3-2-4-16(23)9-14/h2-6,9-10,12,17H,7-8,11,24H2,1H3,(H,25,30)(H,27,29). The second-order valence-corrected chi connectivity index (χ2v) is 7.86. The Labute approximate surface area is 184 Å². The number of aromatic nitrogens is 2. The third kappa shape index (κ3) is 4.97. The predicted molar refractivity (Wildman–Crippen MR) is 118 cm³/mol. The summed E-state index contributed by atoms with van der Waals surface area (Å²) in [4.78, 5) is 24.6. The van der Waals surface area contributed by atoms with Gasteiger partial charge in [0.1, 0.15) is 0 Å². The maximum atomic E-state index is 12.4. The summed E-state index contributed by atoms with van der Waals surface area (Å²) in [5.41, 5.74) is 9.03. The molecule has 1 aromatic heterocycles. The molecule has 2 amide bonds. The van der Waals surface area contributed by atoms with Crippen LogP contribution in [-0.2, 0) is 6.54 Å². The summed E-state index contributed by atoms with van der Waals surface area (Å²) in [5.74, 6) is 0.142. The molecular formula is C22H22ClN5O3. The van der Waals surface area contributed by atoms with Crippen molar-refractivity contribution >= 4 is 29.4 Å². The van der Waals surface area contributed by atoms with Crippen LogP contribution in [0.3, 0.4) is 0 Å². The van der Waals surface area contributed by atoms with Crippen molar-refractivity contribution in [2.75, 3.05) is 5.73 Å². The smallest absolute Gasteiger partial charge is 0.405 e. The summed E-state index contributed by atoms with van der Waals surface area (Å²) in [6.45, 7) is 2.14. The first kappa shape index (κ1) is 20.7. The lowest BCUT2D eigenvalue weighted by atomic mass is 10.1. The van der Waals surface area contributed by atoms with Gasteiger partial charge in [-0.1, -0.05) is 29.8 Å². The van der Waals surface area contributed by atoms with Gasteiger partial charge in [-0.15, -0.1) is 0 Å². The van der Waals surface area contributed by atoms with Crippen molar-refractivity contribution in [2.45, 2.75) is 32.4 Å². The fourth-order valence-electron chi connectivity index (χ4n) is 3.05. The molecule has 1 saturated carbocycles. The van der Waals surface area contributed by atoms with Crippen LogP contribution in [0.2, 0.25) is 5.02 Å². The van der Waals surface area contributed by atoms with E-state index in [9.17, 15) is 9.59 Å². The van der Waals surface area contributed by atoms with E-state index in [1.165, 1.54) is 10.9 Å². The van der Waals surface area contributed by atoms with E-state index in [1.807, 2.05) is 19.1 Å². The average Bonchev–Trinajstić information content (AvgIpc) is 3.49. The van der Waals surface area contributed by atoms with Gasteiger partial charge in [0, 0.05) is 23.2 Å². The van der Waals surface area contributed by atoms with Crippen molar-refractivity contribution in [2.24, 2.45) is 0 Å². The largest absolute Gasteiger partial charge is 0.413 e. The second kappa shape index (κ2) is 8.69. The van der Waals surface area contributed by atoms with Gasteiger partial charge in [-0.05, 0) is 55.2 Å². The number of hydrogen-bond donors (Lipinski definition) is 3. The molecule has 0 radical (unpaired) electrons. The van der Waals surface area contributed by atoms with Gasteiger partial charge in [-0.3, -0.25) is 4.79 Å². The minimum absolute atomic E-state index is 0.121. The van der Waals surface area contributed by atoms with Gasteiger partial charge < -0.3 is 21.1 Å². The first-order valence-electron chi connectivity index (χ1n) is 9.86. The SMILES string of the molecule is Cc1ccc(C(=O)NC2CC2)cc1-n1ncc(OC(=O)NCc2cccc(Cl)c2)c1N. The van der Waals surface area contributed by atoms with Crippen LogP contribution in [0.4, 0.5) is 10.6 Å². The molecule has 9 heteroatoms. The van der Waals surface area contributed by atoms with Gasteiger partial charge in [0.15, 0.2) is 11.6 Å². The highest BCUT2D eigenvalue weighted by molar-refractivity contribution is 6.30. The number of benzene rings is 2. The summed E-state index contributed by atoms with van der Waals surface area (Å²) in [5, 5.41) is 10.4. The molecule has 2 aromatic carbocycles. The summed E-state index contributed by atoms with van der Waals surface area (Å²) >= 11 is 5.95. The summed E-state index contributed by atoms with van der Waals surface area (Å²) in [6, 6.07) is 12.7. The lowest BCUT2D eigenvalue weighted by Crippen LogP contribution is -2.26. The van der Waals surface area contributed by atoms with Crippen LogP contribution < -0.4 is 21.1 Å². The van der Waals surface area contributed by atoms with Crippen LogP contribution in [0, 0.1) is 6.92 Å². The van der Waals surface area contributed by atoms with Crippen LogP contribution in [0.5, 0.6) is 5.75 Å². The van der Waals surface area contributed by atoms with Gasteiger partial charge in [-0.25, -0.2) is 9.48 Å². The Balaban J connectivity index is 1.46. The topological polar surface area (TPSA) is 111 Å². The van der Waals surface area contributed by atoms with E-state index >= 15 is 0 Å².